The third-order valence-corrected chi connectivity index (χ3v) is 5.63. The van der Waals surface area contributed by atoms with Crippen LogP contribution in [0.5, 0.6) is 0 Å². The monoisotopic (exact) mass is 373 g/mol. The number of rotatable bonds is 0. The van der Waals surface area contributed by atoms with E-state index < -0.39 is 17.3 Å². The minimum absolute atomic E-state index is 0.174. The fourth-order valence-electron chi connectivity index (χ4n) is 4.30. The van der Waals surface area contributed by atoms with Crippen LogP contribution in [0.2, 0.25) is 0 Å². The first kappa shape index (κ1) is 23.3. The van der Waals surface area contributed by atoms with Crippen LogP contribution in [0.25, 0.3) is 0 Å². The summed E-state index contributed by atoms with van der Waals surface area (Å²) < 4.78 is 5.29. The van der Waals surface area contributed by atoms with Crippen molar-refractivity contribution in [1.29, 1.82) is 0 Å². The van der Waals surface area contributed by atoms with Crippen LogP contribution in [-0.4, -0.2) is 69.7 Å². The molecule has 0 saturated carbocycles. The summed E-state index contributed by atoms with van der Waals surface area (Å²) >= 11 is 0. The largest absolute Gasteiger partial charge is 0.462 e. The maximum atomic E-state index is 12.3. The Kier molecular flexibility index (Phi) is 8.08. The summed E-state index contributed by atoms with van der Waals surface area (Å²) in [5, 5.41) is 32.0. The van der Waals surface area contributed by atoms with Crippen LogP contribution in [0.4, 0.5) is 0 Å². The van der Waals surface area contributed by atoms with Gasteiger partial charge in [-0.1, -0.05) is 20.8 Å². The summed E-state index contributed by atoms with van der Waals surface area (Å²) in [5.41, 5.74) is -2.33. The molecule has 6 nitrogen and oxygen atoms in total. The summed E-state index contributed by atoms with van der Waals surface area (Å²) in [4.78, 5) is 14.2. The van der Waals surface area contributed by atoms with Crippen molar-refractivity contribution < 1.29 is 24.9 Å². The minimum Gasteiger partial charge on any atom is -0.462 e. The molecule has 0 aliphatic carbocycles. The second-order valence-corrected chi connectivity index (χ2v) is 9.34. The molecule has 1 fully saturated rings. The second-order valence-electron chi connectivity index (χ2n) is 9.34. The number of carbonyl (C=O) groups excluding carboxylic acids is 1. The van der Waals surface area contributed by atoms with E-state index in [0.29, 0.717) is 25.8 Å². The van der Waals surface area contributed by atoms with Gasteiger partial charge >= 0.3 is 5.97 Å². The lowest BCUT2D eigenvalue weighted by Crippen LogP contribution is -2.55. The molecule has 1 rings (SSSR count). The van der Waals surface area contributed by atoms with E-state index in [9.17, 15) is 20.1 Å². The van der Waals surface area contributed by atoms with E-state index >= 15 is 0 Å². The van der Waals surface area contributed by atoms with E-state index in [4.69, 9.17) is 4.74 Å². The molecule has 0 aromatic heterocycles. The van der Waals surface area contributed by atoms with Gasteiger partial charge in [-0.25, -0.2) is 0 Å². The number of esters is 1. The molecule has 0 unspecified atom stereocenters. The van der Waals surface area contributed by atoms with Crippen molar-refractivity contribution in [3.05, 3.63) is 0 Å². The summed E-state index contributed by atoms with van der Waals surface area (Å²) in [5.74, 6) is -0.306. The number of likely N-dealkylation sites (N-methyl/N-ethyl adjacent to an activating group) is 1. The predicted molar refractivity (Wildman–Crippen MR) is 102 cm³/mol. The van der Waals surface area contributed by atoms with Gasteiger partial charge in [-0.05, 0) is 58.9 Å². The van der Waals surface area contributed by atoms with Gasteiger partial charge in [-0.15, -0.1) is 0 Å². The number of hydrogen-bond donors (Lipinski definition) is 3. The molecule has 7 atom stereocenters. The highest BCUT2D eigenvalue weighted by atomic mass is 16.5. The first-order valence-corrected chi connectivity index (χ1v) is 9.75. The number of aliphatic hydroxyl groups is 3. The quantitative estimate of drug-likeness (QED) is 0.561. The van der Waals surface area contributed by atoms with Crippen molar-refractivity contribution in [3.63, 3.8) is 0 Å². The zero-order valence-electron chi connectivity index (χ0n) is 17.5. The molecule has 0 aromatic carbocycles. The van der Waals surface area contributed by atoms with Gasteiger partial charge in [0.1, 0.15) is 18.3 Å². The van der Waals surface area contributed by atoms with E-state index in [2.05, 4.69) is 6.92 Å². The fraction of sp³-hybridized carbons (Fsp3) is 0.950. The normalized spacial score (nSPS) is 45.5. The van der Waals surface area contributed by atoms with Crippen LogP contribution in [0.1, 0.15) is 60.8 Å². The molecular weight excluding hydrogens is 334 g/mol. The third kappa shape index (κ3) is 6.80. The highest BCUT2D eigenvalue weighted by Gasteiger charge is 2.38. The highest BCUT2D eigenvalue weighted by Crippen LogP contribution is 2.29. The van der Waals surface area contributed by atoms with Crippen molar-refractivity contribution in [2.75, 3.05) is 20.2 Å². The van der Waals surface area contributed by atoms with Crippen molar-refractivity contribution in [1.82, 2.24) is 4.90 Å². The predicted octanol–water partition coefficient (Wildman–Crippen LogP) is 1.80. The molecular formula is C20H39NO5. The standard InChI is InChI=1S/C20H39NO5/c1-13-8-15(3)18(23)26-12-20(6,25)17(22)16(4)21(7)11-14(2)10-19(5,24)9-13/h13-17,22,24-25H,8-12H2,1-7H3/t13-,14+,15+,16+,17+,19-,20+/m0/s1. The van der Waals surface area contributed by atoms with Gasteiger partial charge < -0.3 is 25.0 Å². The van der Waals surface area contributed by atoms with Gasteiger partial charge in [0.05, 0.1) is 11.5 Å². The van der Waals surface area contributed by atoms with E-state index in [1.807, 2.05) is 32.7 Å². The van der Waals surface area contributed by atoms with Crippen molar-refractivity contribution in [2.45, 2.75) is 84.2 Å². The Morgan fingerprint density at radius 3 is 2.19 bits per heavy atom. The van der Waals surface area contributed by atoms with Crippen molar-refractivity contribution in [3.8, 4) is 0 Å². The molecule has 1 heterocycles. The summed E-state index contributed by atoms with van der Waals surface area (Å²) in [6, 6.07) is -0.322. The molecule has 26 heavy (non-hydrogen) atoms. The molecule has 0 spiro atoms. The van der Waals surface area contributed by atoms with Crippen molar-refractivity contribution in [2.24, 2.45) is 17.8 Å². The molecule has 3 N–H and O–H groups in total. The number of hydrogen-bond acceptors (Lipinski definition) is 6. The number of ether oxygens (including phenoxy) is 1. The van der Waals surface area contributed by atoms with Crippen LogP contribution >= 0.6 is 0 Å². The van der Waals surface area contributed by atoms with E-state index in [-0.39, 0.29) is 36.4 Å². The number of carbonyl (C=O) groups is 1. The van der Waals surface area contributed by atoms with Gasteiger partial charge in [0, 0.05) is 12.6 Å². The topological polar surface area (TPSA) is 90.2 Å². The Balaban J connectivity index is 3.03. The Morgan fingerprint density at radius 2 is 1.62 bits per heavy atom. The Morgan fingerprint density at radius 1 is 1.08 bits per heavy atom. The zero-order valence-corrected chi connectivity index (χ0v) is 17.5. The lowest BCUT2D eigenvalue weighted by atomic mass is 9.82. The average molecular weight is 374 g/mol. The highest BCUT2D eigenvalue weighted by molar-refractivity contribution is 5.72. The average Bonchev–Trinajstić information content (AvgIpc) is 2.48. The molecule has 1 aliphatic rings. The molecule has 1 aliphatic heterocycles. The van der Waals surface area contributed by atoms with E-state index in [1.165, 1.54) is 6.92 Å². The molecule has 0 radical (unpaired) electrons. The second kappa shape index (κ2) is 9.00. The van der Waals surface area contributed by atoms with Crippen LogP contribution in [0.15, 0.2) is 0 Å². The maximum Gasteiger partial charge on any atom is 0.308 e. The van der Waals surface area contributed by atoms with Gasteiger partial charge in [-0.3, -0.25) is 4.79 Å². The Labute approximate surface area is 158 Å². The maximum absolute atomic E-state index is 12.3. The van der Waals surface area contributed by atoms with Gasteiger partial charge in [0.25, 0.3) is 0 Å². The van der Waals surface area contributed by atoms with Crippen LogP contribution in [-0.2, 0) is 9.53 Å². The molecule has 154 valence electrons. The van der Waals surface area contributed by atoms with Gasteiger partial charge in [0.2, 0.25) is 0 Å². The molecule has 1 saturated heterocycles. The van der Waals surface area contributed by atoms with Crippen LogP contribution in [0, 0.1) is 17.8 Å². The molecule has 0 bridgehead atoms. The van der Waals surface area contributed by atoms with Gasteiger partial charge in [-0.2, -0.15) is 0 Å². The number of cyclic esters (lactones) is 1. The van der Waals surface area contributed by atoms with E-state index in [0.717, 1.165) is 0 Å². The molecule has 0 aromatic rings. The zero-order chi connectivity index (χ0) is 20.3. The Bertz CT molecular complexity index is 465. The first-order valence-electron chi connectivity index (χ1n) is 9.75. The lowest BCUT2D eigenvalue weighted by Gasteiger charge is -2.38. The first-order chi connectivity index (χ1) is 11.7. The smallest absolute Gasteiger partial charge is 0.308 e. The summed E-state index contributed by atoms with van der Waals surface area (Å²) in [6.45, 7) is 11.6. The number of aliphatic hydroxyl groups excluding tert-OH is 1. The van der Waals surface area contributed by atoms with E-state index in [1.54, 1.807) is 6.92 Å². The fourth-order valence-corrected chi connectivity index (χ4v) is 4.30. The minimum atomic E-state index is -1.52. The van der Waals surface area contributed by atoms with Gasteiger partial charge in [0.15, 0.2) is 0 Å². The summed E-state index contributed by atoms with van der Waals surface area (Å²) in [7, 11) is 1.89. The molecule has 0 amide bonds. The van der Waals surface area contributed by atoms with Crippen molar-refractivity contribution >= 4 is 5.97 Å². The van der Waals surface area contributed by atoms with Crippen LogP contribution < -0.4 is 0 Å². The van der Waals surface area contributed by atoms with Crippen LogP contribution in [0.3, 0.4) is 0 Å². The summed E-state index contributed by atoms with van der Waals surface area (Å²) in [6.07, 6.45) is 0.811. The number of nitrogens with zero attached hydrogens (tertiary/aromatic N) is 1. The third-order valence-electron chi connectivity index (χ3n) is 5.63. The lowest BCUT2D eigenvalue weighted by molar-refractivity contribution is -0.166. The Hall–Kier alpha value is -0.690. The molecule has 6 heteroatoms. The SMILES string of the molecule is C[C@H]1C[C@@H](C)C(=O)OC[C@@](C)(O)[C@H](O)[C@@H](C)N(C)C[C@H](C)C[C@@](C)(O)C1.